The molecule has 0 heterocycles. The lowest BCUT2D eigenvalue weighted by atomic mass is 9.84. The molecule has 1 saturated carbocycles. The van der Waals surface area contributed by atoms with Crippen LogP contribution in [-0.2, 0) is 4.74 Å². The Hall–Kier alpha value is -1.18. The average molecular weight is 397 g/mol. The predicted molar refractivity (Wildman–Crippen MR) is 113 cm³/mol. The van der Waals surface area contributed by atoms with Crippen molar-refractivity contribution in [1.82, 2.24) is 5.32 Å². The summed E-state index contributed by atoms with van der Waals surface area (Å²) in [6.07, 6.45) is 7.37. The van der Waals surface area contributed by atoms with E-state index in [1.807, 2.05) is 0 Å². The molecule has 154 valence electrons. The van der Waals surface area contributed by atoms with Crippen LogP contribution in [0, 0.1) is 5.92 Å². The SMILES string of the molecule is COc1c(NC(CNCOCC[Si](C)(C)C)CC2CCCCC2)c(=O)c1=O. The van der Waals surface area contributed by atoms with Crippen LogP contribution < -0.4 is 26.2 Å². The molecule has 0 amide bonds. The highest BCUT2D eigenvalue weighted by Gasteiger charge is 2.26. The maximum Gasteiger partial charge on any atom is 0.271 e. The van der Waals surface area contributed by atoms with Crippen molar-refractivity contribution < 1.29 is 9.47 Å². The predicted octanol–water partition coefficient (Wildman–Crippen LogP) is 2.94. The van der Waals surface area contributed by atoms with Crippen LogP contribution in [0.5, 0.6) is 5.75 Å². The third-order valence-corrected chi connectivity index (χ3v) is 7.06. The van der Waals surface area contributed by atoms with Gasteiger partial charge >= 0.3 is 0 Å². The fraction of sp³-hybridized carbons (Fsp3) is 0.800. The summed E-state index contributed by atoms with van der Waals surface area (Å²) in [7, 11) is 0.364. The second-order valence-corrected chi connectivity index (χ2v) is 14.6. The standard InChI is InChI=1S/C20H36N2O4Si/c1-25-20-17(18(23)19(20)24)22-16(12-15-8-6-5-7-9-15)13-21-14-26-10-11-27(2,3)4/h15-16,21-22H,5-14H2,1-4H3. The number of rotatable bonds is 12. The van der Waals surface area contributed by atoms with Crippen LogP contribution in [0.2, 0.25) is 25.7 Å². The number of methoxy groups -OCH3 is 1. The molecule has 0 radical (unpaired) electrons. The third kappa shape index (κ3) is 7.05. The molecule has 2 N–H and O–H groups in total. The largest absolute Gasteiger partial charge is 0.491 e. The smallest absolute Gasteiger partial charge is 0.271 e. The molecule has 1 atom stereocenters. The van der Waals surface area contributed by atoms with E-state index in [-0.39, 0.29) is 11.8 Å². The first-order valence-corrected chi connectivity index (χ1v) is 13.9. The number of hydrogen-bond acceptors (Lipinski definition) is 6. The first-order valence-electron chi connectivity index (χ1n) is 10.2. The van der Waals surface area contributed by atoms with Gasteiger partial charge in [0.25, 0.3) is 10.9 Å². The highest BCUT2D eigenvalue weighted by Crippen LogP contribution is 2.28. The van der Waals surface area contributed by atoms with Crippen molar-refractivity contribution in [3.8, 4) is 5.75 Å². The van der Waals surface area contributed by atoms with Crippen LogP contribution in [0.15, 0.2) is 9.59 Å². The first kappa shape index (κ1) is 22.1. The molecule has 1 fully saturated rings. The van der Waals surface area contributed by atoms with Crippen LogP contribution in [0.1, 0.15) is 38.5 Å². The van der Waals surface area contributed by atoms with Crippen LogP contribution in [0.3, 0.4) is 0 Å². The summed E-state index contributed by atoms with van der Waals surface area (Å²) in [5.41, 5.74) is -0.657. The summed E-state index contributed by atoms with van der Waals surface area (Å²) < 4.78 is 10.8. The molecule has 0 bridgehead atoms. The zero-order valence-electron chi connectivity index (χ0n) is 17.4. The molecule has 0 saturated heterocycles. The van der Waals surface area contributed by atoms with Gasteiger partial charge in [-0.15, -0.1) is 0 Å². The van der Waals surface area contributed by atoms with E-state index in [0.717, 1.165) is 19.1 Å². The van der Waals surface area contributed by atoms with Crippen molar-refractivity contribution in [3.05, 3.63) is 20.4 Å². The molecule has 1 aromatic carbocycles. The van der Waals surface area contributed by atoms with Gasteiger partial charge in [0, 0.05) is 27.3 Å². The highest BCUT2D eigenvalue weighted by atomic mass is 28.3. The van der Waals surface area contributed by atoms with Crippen molar-refractivity contribution >= 4 is 13.8 Å². The van der Waals surface area contributed by atoms with E-state index in [1.165, 1.54) is 39.2 Å². The topological polar surface area (TPSA) is 76.7 Å². The van der Waals surface area contributed by atoms with E-state index < -0.39 is 18.9 Å². The Kier molecular flexibility index (Phi) is 8.50. The molecule has 1 aliphatic carbocycles. The van der Waals surface area contributed by atoms with E-state index in [9.17, 15) is 9.59 Å². The van der Waals surface area contributed by atoms with Crippen molar-refractivity contribution in [2.24, 2.45) is 5.92 Å². The summed E-state index contributed by atoms with van der Waals surface area (Å²) >= 11 is 0. The lowest BCUT2D eigenvalue weighted by Crippen LogP contribution is -2.42. The summed E-state index contributed by atoms with van der Waals surface area (Å²) in [6, 6.07) is 1.24. The quantitative estimate of drug-likeness (QED) is 0.245. The van der Waals surface area contributed by atoms with Gasteiger partial charge in [-0.3, -0.25) is 14.9 Å². The maximum atomic E-state index is 11.9. The second kappa shape index (κ2) is 10.4. The first-order chi connectivity index (χ1) is 12.8. The Morgan fingerprint density at radius 3 is 2.44 bits per heavy atom. The summed E-state index contributed by atoms with van der Waals surface area (Å²) in [5.74, 6) is 0.836. The fourth-order valence-electron chi connectivity index (χ4n) is 3.68. The van der Waals surface area contributed by atoms with Crippen LogP contribution >= 0.6 is 0 Å². The lowest BCUT2D eigenvalue weighted by molar-refractivity contribution is 0.126. The molecule has 27 heavy (non-hydrogen) atoms. The zero-order valence-corrected chi connectivity index (χ0v) is 18.4. The average Bonchev–Trinajstić information content (AvgIpc) is 2.63. The summed E-state index contributed by atoms with van der Waals surface area (Å²) in [5, 5.41) is 6.62. The van der Waals surface area contributed by atoms with Crippen LogP contribution in [0.4, 0.5) is 5.69 Å². The van der Waals surface area contributed by atoms with Gasteiger partial charge < -0.3 is 14.8 Å². The van der Waals surface area contributed by atoms with Gasteiger partial charge in [-0.05, 0) is 18.4 Å². The number of anilines is 1. The van der Waals surface area contributed by atoms with Gasteiger partial charge in [-0.2, -0.15) is 0 Å². The Morgan fingerprint density at radius 1 is 1.11 bits per heavy atom. The van der Waals surface area contributed by atoms with Gasteiger partial charge in [-0.1, -0.05) is 51.7 Å². The molecular weight excluding hydrogens is 360 g/mol. The van der Waals surface area contributed by atoms with Crippen molar-refractivity contribution in [3.63, 3.8) is 0 Å². The minimum absolute atomic E-state index is 0.0888. The Balaban J connectivity index is 1.84. The molecule has 0 spiro atoms. The zero-order chi connectivity index (χ0) is 19.9. The lowest BCUT2D eigenvalue weighted by Gasteiger charge is -2.28. The third-order valence-electron chi connectivity index (χ3n) is 5.35. The number of hydrogen-bond donors (Lipinski definition) is 2. The molecule has 1 unspecified atom stereocenters. The monoisotopic (exact) mass is 396 g/mol. The Labute approximate surface area is 163 Å². The molecule has 2 rings (SSSR count). The molecule has 0 aliphatic heterocycles. The van der Waals surface area contributed by atoms with Crippen LogP contribution in [0.25, 0.3) is 0 Å². The van der Waals surface area contributed by atoms with E-state index in [4.69, 9.17) is 9.47 Å². The summed E-state index contributed by atoms with van der Waals surface area (Å²) in [4.78, 5) is 23.5. The maximum absolute atomic E-state index is 11.9. The molecule has 7 heteroatoms. The van der Waals surface area contributed by atoms with E-state index in [2.05, 4.69) is 30.3 Å². The van der Waals surface area contributed by atoms with Gasteiger partial charge in [0.2, 0.25) is 0 Å². The van der Waals surface area contributed by atoms with Crippen molar-refractivity contribution in [1.29, 1.82) is 0 Å². The van der Waals surface area contributed by atoms with E-state index >= 15 is 0 Å². The van der Waals surface area contributed by atoms with E-state index in [0.29, 0.717) is 24.9 Å². The number of ether oxygens (including phenoxy) is 2. The Bertz CT molecular complexity index is 643. The van der Waals surface area contributed by atoms with Crippen molar-refractivity contribution in [2.45, 2.75) is 70.3 Å². The molecule has 1 aromatic rings. The normalized spacial score (nSPS) is 17.2. The second-order valence-electron chi connectivity index (χ2n) is 8.96. The van der Waals surface area contributed by atoms with E-state index in [1.54, 1.807) is 0 Å². The number of nitrogens with one attached hydrogen (secondary N) is 2. The molecule has 6 nitrogen and oxygen atoms in total. The highest BCUT2D eigenvalue weighted by molar-refractivity contribution is 6.76. The molecular formula is C20H36N2O4Si. The minimum atomic E-state index is -1.07. The van der Waals surface area contributed by atoms with Gasteiger partial charge in [0.05, 0.1) is 13.8 Å². The fourth-order valence-corrected chi connectivity index (χ4v) is 4.43. The minimum Gasteiger partial charge on any atom is -0.491 e. The van der Waals surface area contributed by atoms with Crippen molar-refractivity contribution in [2.75, 3.05) is 32.3 Å². The van der Waals surface area contributed by atoms with Gasteiger partial charge in [0.1, 0.15) is 5.69 Å². The van der Waals surface area contributed by atoms with Gasteiger partial charge in [0.15, 0.2) is 5.75 Å². The summed E-state index contributed by atoms with van der Waals surface area (Å²) in [6.45, 7) is 9.01. The Morgan fingerprint density at radius 2 is 1.81 bits per heavy atom. The molecule has 0 aromatic heterocycles. The molecule has 1 aliphatic rings. The van der Waals surface area contributed by atoms with Crippen LogP contribution in [-0.4, -0.2) is 41.1 Å². The van der Waals surface area contributed by atoms with Gasteiger partial charge in [-0.25, -0.2) is 0 Å².